The molecule has 0 bridgehead atoms. The lowest BCUT2D eigenvalue weighted by Crippen LogP contribution is -2.26. The first-order valence-electron chi connectivity index (χ1n) is 9.55. The van der Waals surface area contributed by atoms with E-state index in [1.807, 2.05) is 35.0 Å². The van der Waals surface area contributed by atoms with Crippen LogP contribution in [-0.4, -0.2) is 28.0 Å². The maximum Gasteiger partial charge on any atom is 0.272 e. The quantitative estimate of drug-likeness (QED) is 0.476. The third-order valence-corrected chi connectivity index (χ3v) is 5.93. The highest BCUT2D eigenvalue weighted by atomic mass is 32.2. The van der Waals surface area contributed by atoms with E-state index in [-0.39, 0.29) is 11.7 Å². The molecule has 1 heterocycles. The lowest BCUT2D eigenvalue weighted by atomic mass is 10.2. The maximum absolute atomic E-state index is 12.9. The smallest absolute Gasteiger partial charge is 0.272 e. The van der Waals surface area contributed by atoms with Crippen LogP contribution < -0.4 is 5.32 Å². The van der Waals surface area contributed by atoms with Crippen LogP contribution in [0, 0.1) is 5.82 Å². The standard InChI is InChI=1S/C22H22FN3OS/c23-16-10-12-18(13-11-16)28-15-5-14-24-22(27)21-19-8-4-9-20(19)26(25-21)17-6-2-1-3-7-17/h1-3,6-7,10-13H,4-5,8-9,14-15H2,(H,24,27). The van der Waals surface area contributed by atoms with E-state index in [9.17, 15) is 9.18 Å². The molecule has 0 radical (unpaired) electrons. The van der Waals surface area contributed by atoms with E-state index in [0.717, 1.165) is 53.3 Å². The second kappa shape index (κ2) is 8.61. The summed E-state index contributed by atoms with van der Waals surface area (Å²) in [5.74, 6) is 0.543. The third-order valence-electron chi connectivity index (χ3n) is 4.84. The minimum Gasteiger partial charge on any atom is -0.351 e. The van der Waals surface area contributed by atoms with Crippen molar-refractivity contribution in [1.82, 2.24) is 15.1 Å². The Balaban J connectivity index is 1.34. The molecule has 4 rings (SSSR count). The zero-order valence-electron chi connectivity index (χ0n) is 15.5. The van der Waals surface area contributed by atoms with Gasteiger partial charge in [-0.3, -0.25) is 4.79 Å². The Morgan fingerprint density at radius 2 is 1.89 bits per heavy atom. The van der Waals surface area contributed by atoms with Gasteiger partial charge in [0.05, 0.1) is 5.69 Å². The van der Waals surface area contributed by atoms with E-state index < -0.39 is 0 Å². The van der Waals surface area contributed by atoms with Crippen molar-refractivity contribution in [3.8, 4) is 5.69 Å². The van der Waals surface area contributed by atoms with Gasteiger partial charge in [0.2, 0.25) is 0 Å². The summed E-state index contributed by atoms with van der Waals surface area (Å²) in [7, 11) is 0. The Morgan fingerprint density at radius 1 is 1.11 bits per heavy atom. The van der Waals surface area contributed by atoms with Crippen LogP contribution in [0.2, 0.25) is 0 Å². The molecular formula is C22H22FN3OS. The molecule has 0 aliphatic heterocycles. The number of aromatic nitrogens is 2. The molecule has 0 saturated carbocycles. The highest BCUT2D eigenvalue weighted by Gasteiger charge is 2.26. The zero-order chi connectivity index (χ0) is 19.3. The highest BCUT2D eigenvalue weighted by molar-refractivity contribution is 7.99. The van der Waals surface area contributed by atoms with Crippen molar-refractivity contribution in [2.75, 3.05) is 12.3 Å². The largest absolute Gasteiger partial charge is 0.351 e. The van der Waals surface area contributed by atoms with Crippen molar-refractivity contribution in [3.63, 3.8) is 0 Å². The lowest BCUT2D eigenvalue weighted by Gasteiger charge is -2.05. The first-order chi connectivity index (χ1) is 13.7. The van der Waals surface area contributed by atoms with Crippen LogP contribution in [0.25, 0.3) is 5.69 Å². The average molecular weight is 396 g/mol. The minimum atomic E-state index is -0.223. The second-order valence-electron chi connectivity index (χ2n) is 6.79. The number of para-hydroxylation sites is 1. The molecule has 2 aromatic carbocycles. The number of carbonyl (C=O) groups is 1. The number of carbonyl (C=O) groups excluding carboxylic acids is 1. The maximum atomic E-state index is 12.9. The number of hydrogen-bond donors (Lipinski definition) is 1. The fourth-order valence-electron chi connectivity index (χ4n) is 3.48. The number of rotatable bonds is 7. The summed E-state index contributed by atoms with van der Waals surface area (Å²) in [4.78, 5) is 13.7. The number of halogens is 1. The summed E-state index contributed by atoms with van der Waals surface area (Å²) in [5, 5.41) is 7.62. The van der Waals surface area contributed by atoms with E-state index in [0.29, 0.717) is 12.2 Å². The number of thioether (sulfide) groups is 1. The Kier molecular flexibility index (Phi) is 5.76. The van der Waals surface area contributed by atoms with Gasteiger partial charge in [-0.15, -0.1) is 11.8 Å². The number of benzene rings is 2. The van der Waals surface area contributed by atoms with E-state index in [1.54, 1.807) is 23.9 Å². The molecular weight excluding hydrogens is 373 g/mol. The predicted molar refractivity (Wildman–Crippen MR) is 110 cm³/mol. The first-order valence-corrected chi connectivity index (χ1v) is 10.5. The lowest BCUT2D eigenvalue weighted by molar-refractivity contribution is 0.0947. The van der Waals surface area contributed by atoms with E-state index in [2.05, 4.69) is 10.4 Å². The molecule has 4 nitrogen and oxygen atoms in total. The molecule has 0 saturated heterocycles. The Bertz CT molecular complexity index is 954. The molecule has 0 unspecified atom stereocenters. The molecule has 1 aliphatic rings. The SMILES string of the molecule is O=C(NCCCSc1ccc(F)cc1)c1nn(-c2ccccc2)c2c1CCC2. The van der Waals surface area contributed by atoms with Crippen LogP contribution in [0.5, 0.6) is 0 Å². The van der Waals surface area contributed by atoms with Gasteiger partial charge < -0.3 is 5.32 Å². The highest BCUT2D eigenvalue weighted by Crippen LogP contribution is 2.27. The zero-order valence-corrected chi connectivity index (χ0v) is 16.3. The molecule has 3 aromatic rings. The molecule has 1 aliphatic carbocycles. The van der Waals surface area contributed by atoms with Crippen molar-refractivity contribution in [3.05, 3.63) is 77.4 Å². The minimum absolute atomic E-state index is 0.0976. The third kappa shape index (κ3) is 4.12. The monoisotopic (exact) mass is 395 g/mol. The fraction of sp³-hybridized carbons (Fsp3) is 0.273. The van der Waals surface area contributed by atoms with Crippen molar-refractivity contribution >= 4 is 17.7 Å². The fourth-order valence-corrected chi connectivity index (χ4v) is 4.33. The van der Waals surface area contributed by atoms with E-state index >= 15 is 0 Å². The van der Waals surface area contributed by atoms with Gasteiger partial charge in [0, 0.05) is 22.7 Å². The predicted octanol–water partition coefficient (Wildman–Crippen LogP) is 4.41. The topological polar surface area (TPSA) is 46.9 Å². The van der Waals surface area contributed by atoms with Crippen LogP contribution in [-0.2, 0) is 12.8 Å². The van der Waals surface area contributed by atoms with Gasteiger partial charge in [-0.05, 0) is 67.8 Å². The number of nitrogens with one attached hydrogen (secondary N) is 1. The molecule has 0 atom stereocenters. The summed E-state index contributed by atoms with van der Waals surface area (Å²) >= 11 is 1.66. The van der Waals surface area contributed by atoms with E-state index in [1.165, 1.54) is 12.1 Å². The first kappa shape index (κ1) is 18.7. The molecule has 28 heavy (non-hydrogen) atoms. The van der Waals surface area contributed by atoms with Crippen LogP contribution in [0.4, 0.5) is 4.39 Å². The van der Waals surface area contributed by atoms with Gasteiger partial charge in [-0.2, -0.15) is 5.10 Å². The Hall–Kier alpha value is -2.60. The normalized spacial score (nSPS) is 12.8. The molecule has 1 aromatic heterocycles. The van der Waals surface area contributed by atoms with Crippen LogP contribution >= 0.6 is 11.8 Å². The van der Waals surface area contributed by atoms with Gasteiger partial charge in [0.15, 0.2) is 5.69 Å². The summed E-state index contributed by atoms with van der Waals surface area (Å²) in [6.07, 6.45) is 3.77. The van der Waals surface area contributed by atoms with Crippen LogP contribution in [0.1, 0.15) is 34.6 Å². The molecule has 0 fully saturated rings. The van der Waals surface area contributed by atoms with Crippen molar-refractivity contribution in [1.29, 1.82) is 0 Å². The van der Waals surface area contributed by atoms with Gasteiger partial charge in [0.25, 0.3) is 5.91 Å². The Morgan fingerprint density at radius 3 is 2.68 bits per heavy atom. The second-order valence-corrected chi connectivity index (χ2v) is 7.95. The van der Waals surface area contributed by atoms with Gasteiger partial charge >= 0.3 is 0 Å². The summed E-state index contributed by atoms with van der Waals surface area (Å²) in [6, 6.07) is 16.5. The number of nitrogens with zero attached hydrogens (tertiary/aromatic N) is 2. The number of amides is 1. The summed E-state index contributed by atoms with van der Waals surface area (Å²) in [6.45, 7) is 0.597. The van der Waals surface area contributed by atoms with E-state index in [4.69, 9.17) is 0 Å². The Labute approximate surface area is 168 Å². The number of fused-ring (bicyclic) bond motifs is 1. The van der Waals surface area contributed by atoms with Crippen molar-refractivity contribution in [2.24, 2.45) is 0 Å². The summed E-state index contributed by atoms with van der Waals surface area (Å²) in [5.41, 5.74) is 3.79. The van der Waals surface area contributed by atoms with Gasteiger partial charge in [-0.1, -0.05) is 18.2 Å². The van der Waals surface area contributed by atoms with Gasteiger partial charge in [0.1, 0.15) is 5.82 Å². The molecule has 1 amide bonds. The van der Waals surface area contributed by atoms with Crippen LogP contribution in [0.15, 0.2) is 59.5 Å². The van der Waals surface area contributed by atoms with Gasteiger partial charge in [-0.25, -0.2) is 9.07 Å². The number of hydrogen-bond acceptors (Lipinski definition) is 3. The van der Waals surface area contributed by atoms with Crippen LogP contribution in [0.3, 0.4) is 0 Å². The van der Waals surface area contributed by atoms with Crippen molar-refractivity contribution < 1.29 is 9.18 Å². The summed E-state index contributed by atoms with van der Waals surface area (Å²) < 4.78 is 14.8. The molecule has 6 heteroatoms. The molecule has 1 N–H and O–H groups in total. The van der Waals surface area contributed by atoms with Crippen molar-refractivity contribution in [2.45, 2.75) is 30.6 Å². The average Bonchev–Trinajstić information content (AvgIpc) is 3.32. The molecule has 0 spiro atoms. The molecule has 144 valence electrons.